The van der Waals surface area contributed by atoms with E-state index in [1.54, 1.807) is 48.5 Å². The van der Waals surface area contributed by atoms with Crippen LogP contribution in [-0.4, -0.2) is 41.1 Å². The zero-order valence-corrected chi connectivity index (χ0v) is 16.8. The lowest BCUT2D eigenvalue weighted by Crippen LogP contribution is -2.28. The molecule has 2 rings (SSSR count). The second-order valence-corrected chi connectivity index (χ2v) is 8.06. The molecule has 0 aromatic heterocycles. The first-order chi connectivity index (χ1) is 12.9. The summed E-state index contributed by atoms with van der Waals surface area (Å²) in [5, 5.41) is 2.83. The number of aryl methyl sites for hydroxylation is 1. The number of hydrogen-bond donors (Lipinski definition) is 1. The minimum absolute atomic E-state index is 0.206. The maximum Gasteiger partial charge on any atom is 0.264 e. The molecular weight excluding hydrogens is 364 g/mol. The molecule has 0 aliphatic rings. The average molecular weight is 391 g/mol. The van der Waals surface area contributed by atoms with Crippen LogP contribution in [0.4, 0.5) is 5.69 Å². The monoisotopic (exact) mass is 390 g/mol. The van der Waals surface area contributed by atoms with Gasteiger partial charge in [-0.3, -0.25) is 9.10 Å². The van der Waals surface area contributed by atoms with E-state index < -0.39 is 10.0 Å². The summed E-state index contributed by atoms with van der Waals surface area (Å²) in [4.78, 5) is 12.6. The lowest BCUT2D eigenvalue weighted by molar-refractivity contribution is 0.0944. The van der Waals surface area contributed by atoms with Gasteiger partial charge in [-0.2, -0.15) is 0 Å². The summed E-state index contributed by atoms with van der Waals surface area (Å²) >= 11 is 0. The fourth-order valence-corrected chi connectivity index (χ4v) is 3.87. The Hall–Kier alpha value is -2.38. The number of carbonyl (C=O) groups is 1. The first-order valence-electron chi connectivity index (χ1n) is 8.88. The van der Waals surface area contributed by atoms with Crippen molar-refractivity contribution in [3.8, 4) is 0 Å². The average Bonchev–Trinajstić information content (AvgIpc) is 2.68. The van der Waals surface area contributed by atoms with Gasteiger partial charge in [-0.25, -0.2) is 8.42 Å². The third-order valence-electron chi connectivity index (χ3n) is 4.17. The van der Waals surface area contributed by atoms with Gasteiger partial charge in [-0.1, -0.05) is 24.3 Å². The summed E-state index contributed by atoms with van der Waals surface area (Å²) < 4.78 is 32.2. The van der Waals surface area contributed by atoms with Gasteiger partial charge in [-0.15, -0.1) is 0 Å². The van der Waals surface area contributed by atoms with Crippen molar-refractivity contribution in [2.45, 2.75) is 25.2 Å². The van der Waals surface area contributed by atoms with Gasteiger partial charge in [0.1, 0.15) is 0 Å². The van der Waals surface area contributed by atoms with Gasteiger partial charge in [0.15, 0.2) is 0 Å². The molecule has 6 nitrogen and oxygen atoms in total. The smallest absolute Gasteiger partial charge is 0.264 e. The van der Waals surface area contributed by atoms with E-state index in [1.165, 1.54) is 11.4 Å². The highest BCUT2D eigenvalue weighted by Crippen LogP contribution is 2.26. The van der Waals surface area contributed by atoms with E-state index in [1.807, 2.05) is 13.8 Å². The molecule has 1 N–H and O–H groups in total. The van der Waals surface area contributed by atoms with Gasteiger partial charge in [0, 0.05) is 32.4 Å². The highest BCUT2D eigenvalue weighted by atomic mass is 32.2. The van der Waals surface area contributed by atoms with Crippen molar-refractivity contribution in [1.82, 2.24) is 5.32 Å². The first-order valence-corrected chi connectivity index (χ1v) is 10.3. The summed E-state index contributed by atoms with van der Waals surface area (Å²) in [5.74, 6) is -0.238. The Balaban J connectivity index is 2.18. The summed E-state index contributed by atoms with van der Waals surface area (Å²) in [7, 11) is -2.20. The Morgan fingerprint density at radius 2 is 1.85 bits per heavy atom. The second kappa shape index (κ2) is 9.53. The molecule has 0 fully saturated rings. The molecule has 1 amide bonds. The maximum atomic E-state index is 12.8. The normalized spacial score (nSPS) is 11.2. The molecule has 0 heterocycles. The molecule has 0 saturated carbocycles. The first kappa shape index (κ1) is 20.9. The number of benzene rings is 2. The van der Waals surface area contributed by atoms with Gasteiger partial charge >= 0.3 is 0 Å². The Bertz CT molecular complexity index is 867. The largest absolute Gasteiger partial charge is 0.382 e. The number of carbonyl (C=O) groups excluding carboxylic acids is 1. The minimum Gasteiger partial charge on any atom is -0.382 e. The van der Waals surface area contributed by atoms with Crippen molar-refractivity contribution < 1.29 is 17.9 Å². The van der Waals surface area contributed by atoms with Crippen LogP contribution in [0.15, 0.2) is 53.4 Å². The third kappa shape index (κ3) is 5.30. The van der Waals surface area contributed by atoms with E-state index in [4.69, 9.17) is 4.74 Å². The zero-order chi connectivity index (χ0) is 19.9. The molecular formula is C20H26N2O4S. The standard InChI is InChI=1S/C20H26N2O4S/c1-4-26-14-8-13-21-20(23)17-12-11-16(2)19(15-17)22(3)27(24,25)18-9-6-5-7-10-18/h5-7,9-12,15H,4,8,13-14H2,1-3H3,(H,21,23). The van der Waals surface area contributed by atoms with Crippen LogP contribution in [0, 0.1) is 6.92 Å². The van der Waals surface area contributed by atoms with Gasteiger partial charge in [-0.05, 0) is 50.1 Å². The molecule has 7 heteroatoms. The molecule has 0 atom stereocenters. The summed E-state index contributed by atoms with van der Waals surface area (Å²) in [6, 6.07) is 13.3. The predicted octanol–water partition coefficient (Wildman–Crippen LogP) is 2.98. The highest BCUT2D eigenvalue weighted by Gasteiger charge is 2.23. The van der Waals surface area contributed by atoms with Gasteiger partial charge in [0.05, 0.1) is 10.6 Å². The Kier molecular flexibility index (Phi) is 7.38. The topological polar surface area (TPSA) is 75.7 Å². The molecule has 146 valence electrons. The fraction of sp³-hybridized carbons (Fsp3) is 0.350. The number of anilines is 1. The van der Waals surface area contributed by atoms with Crippen LogP contribution in [0.2, 0.25) is 0 Å². The lowest BCUT2D eigenvalue weighted by atomic mass is 10.1. The maximum absolute atomic E-state index is 12.8. The number of rotatable bonds is 9. The summed E-state index contributed by atoms with van der Waals surface area (Å²) in [5.41, 5.74) is 1.66. The van der Waals surface area contributed by atoms with Crippen molar-refractivity contribution in [2.24, 2.45) is 0 Å². The summed E-state index contributed by atoms with van der Waals surface area (Å²) in [6.07, 6.45) is 0.723. The molecule has 0 bridgehead atoms. The number of sulfonamides is 1. The number of nitrogens with zero attached hydrogens (tertiary/aromatic N) is 1. The Morgan fingerprint density at radius 1 is 1.15 bits per heavy atom. The molecule has 2 aromatic rings. The third-order valence-corrected chi connectivity index (χ3v) is 5.95. The Morgan fingerprint density at radius 3 is 2.52 bits per heavy atom. The Labute approximate surface area is 161 Å². The van der Waals surface area contributed by atoms with Gasteiger partial charge < -0.3 is 10.1 Å². The minimum atomic E-state index is -3.70. The summed E-state index contributed by atoms with van der Waals surface area (Å²) in [6.45, 7) is 5.48. The van der Waals surface area contributed by atoms with Crippen molar-refractivity contribution >= 4 is 21.6 Å². The van der Waals surface area contributed by atoms with E-state index >= 15 is 0 Å². The van der Waals surface area contributed by atoms with Gasteiger partial charge in [0.2, 0.25) is 0 Å². The molecule has 0 spiro atoms. The molecule has 0 radical (unpaired) electrons. The molecule has 0 aliphatic heterocycles. The van der Waals surface area contributed by atoms with Crippen LogP contribution in [0.1, 0.15) is 29.3 Å². The molecule has 27 heavy (non-hydrogen) atoms. The molecule has 0 saturated heterocycles. The van der Waals surface area contributed by atoms with Crippen LogP contribution in [0.5, 0.6) is 0 Å². The SMILES string of the molecule is CCOCCCNC(=O)c1ccc(C)c(N(C)S(=O)(=O)c2ccccc2)c1. The van der Waals surface area contributed by atoms with Gasteiger partial charge in [0.25, 0.3) is 15.9 Å². The van der Waals surface area contributed by atoms with Crippen LogP contribution in [-0.2, 0) is 14.8 Å². The molecule has 0 unspecified atom stereocenters. The number of nitrogens with one attached hydrogen (secondary N) is 1. The van der Waals surface area contributed by atoms with Crippen LogP contribution in [0.3, 0.4) is 0 Å². The number of amides is 1. The van der Waals surface area contributed by atoms with Crippen LogP contribution >= 0.6 is 0 Å². The second-order valence-electron chi connectivity index (χ2n) is 6.09. The van der Waals surface area contributed by atoms with Crippen molar-refractivity contribution in [1.29, 1.82) is 0 Å². The number of ether oxygens (including phenoxy) is 1. The molecule has 2 aromatic carbocycles. The zero-order valence-electron chi connectivity index (χ0n) is 15.9. The lowest BCUT2D eigenvalue weighted by Gasteiger charge is -2.22. The van der Waals surface area contributed by atoms with E-state index in [2.05, 4.69) is 5.32 Å². The quantitative estimate of drug-likeness (QED) is 0.668. The predicted molar refractivity (Wildman–Crippen MR) is 107 cm³/mol. The van der Waals surface area contributed by atoms with E-state index in [0.29, 0.717) is 31.0 Å². The van der Waals surface area contributed by atoms with Crippen LogP contribution in [0.25, 0.3) is 0 Å². The van der Waals surface area contributed by atoms with E-state index in [-0.39, 0.29) is 10.8 Å². The fourth-order valence-electron chi connectivity index (χ4n) is 2.59. The van der Waals surface area contributed by atoms with E-state index in [0.717, 1.165) is 12.0 Å². The molecule has 0 aliphatic carbocycles. The van der Waals surface area contributed by atoms with Crippen molar-refractivity contribution in [3.63, 3.8) is 0 Å². The highest BCUT2D eigenvalue weighted by molar-refractivity contribution is 7.92. The number of hydrogen-bond acceptors (Lipinski definition) is 4. The van der Waals surface area contributed by atoms with Crippen LogP contribution < -0.4 is 9.62 Å². The van der Waals surface area contributed by atoms with E-state index in [9.17, 15) is 13.2 Å². The van der Waals surface area contributed by atoms with Crippen molar-refractivity contribution in [2.75, 3.05) is 31.1 Å². The van der Waals surface area contributed by atoms with Crippen molar-refractivity contribution in [3.05, 3.63) is 59.7 Å².